The van der Waals surface area contributed by atoms with Crippen molar-refractivity contribution in [2.24, 2.45) is 0 Å². The maximum Gasteiger partial charge on any atom is -0.0317 e. The van der Waals surface area contributed by atoms with Crippen LogP contribution in [0.3, 0.4) is 0 Å². The minimum atomic E-state index is 1.28. The van der Waals surface area contributed by atoms with Crippen LogP contribution in [0.4, 0.5) is 0 Å². The van der Waals surface area contributed by atoms with E-state index in [0.29, 0.717) is 0 Å². The van der Waals surface area contributed by atoms with Crippen molar-refractivity contribution in [3.05, 3.63) is 0 Å². The molecule has 0 saturated heterocycles. The zero-order valence-electron chi connectivity index (χ0n) is 15.0. The standard InChI is InChI=1S/C19H42P2/c1-3-5-7-9-11-13-15-17-19-21-20-18-16-14-12-10-8-6-4-2/h20-21H,3-19H2,1-2H3. The van der Waals surface area contributed by atoms with Crippen LogP contribution >= 0.6 is 16.5 Å². The van der Waals surface area contributed by atoms with Gasteiger partial charge in [-0.2, -0.15) is 0 Å². The molecule has 0 nitrogen and oxygen atoms in total. The molecular formula is C19H42P2. The molecule has 0 aromatic heterocycles. The molecule has 0 rings (SSSR count). The van der Waals surface area contributed by atoms with Crippen LogP contribution in [0.25, 0.3) is 0 Å². The van der Waals surface area contributed by atoms with Crippen LogP contribution in [0.2, 0.25) is 0 Å². The van der Waals surface area contributed by atoms with Crippen molar-refractivity contribution >= 4 is 16.5 Å². The van der Waals surface area contributed by atoms with E-state index in [0.717, 1.165) is 0 Å². The molecule has 0 heterocycles. The van der Waals surface area contributed by atoms with Gasteiger partial charge in [0.2, 0.25) is 0 Å². The lowest BCUT2D eigenvalue weighted by Gasteiger charge is -2.04. The van der Waals surface area contributed by atoms with Crippen molar-refractivity contribution in [1.82, 2.24) is 0 Å². The van der Waals surface area contributed by atoms with Gasteiger partial charge in [0.05, 0.1) is 0 Å². The average Bonchev–Trinajstić information content (AvgIpc) is 2.50. The Labute approximate surface area is 139 Å². The Bertz CT molecular complexity index is 153. The van der Waals surface area contributed by atoms with Crippen LogP contribution in [0, 0.1) is 0 Å². The van der Waals surface area contributed by atoms with Crippen molar-refractivity contribution in [3.8, 4) is 0 Å². The van der Waals surface area contributed by atoms with E-state index in [4.69, 9.17) is 0 Å². The van der Waals surface area contributed by atoms with Crippen LogP contribution in [-0.4, -0.2) is 12.3 Å². The predicted molar refractivity (Wildman–Crippen MR) is 107 cm³/mol. The van der Waals surface area contributed by atoms with E-state index >= 15 is 0 Å². The van der Waals surface area contributed by atoms with E-state index < -0.39 is 0 Å². The summed E-state index contributed by atoms with van der Waals surface area (Å²) >= 11 is 0. The minimum Gasteiger partial charge on any atom is -0.0992 e. The Hall–Kier alpha value is 0.860. The second kappa shape index (κ2) is 20.9. The molecule has 0 aromatic rings. The lowest BCUT2D eigenvalue weighted by molar-refractivity contribution is 0.586. The third kappa shape index (κ3) is 20.9. The minimum absolute atomic E-state index is 1.28. The zero-order chi connectivity index (χ0) is 15.4. The Balaban J connectivity index is 2.90. The highest BCUT2D eigenvalue weighted by molar-refractivity contribution is 8.11. The molecule has 2 heteroatoms. The molecule has 0 bridgehead atoms. The van der Waals surface area contributed by atoms with E-state index in [1.807, 2.05) is 0 Å². The number of hydrogen-bond acceptors (Lipinski definition) is 0. The van der Waals surface area contributed by atoms with Crippen molar-refractivity contribution in [2.75, 3.05) is 12.3 Å². The van der Waals surface area contributed by atoms with Gasteiger partial charge < -0.3 is 0 Å². The molecule has 0 radical (unpaired) electrons. The second-order valence-electron chi connectivity index (χ2n) is 6.45. The number of hydrogen-bond donors (Lipinski definition) is 0. The molecule has 0 spiro atoms. The van der Waals surface area contributed by atoms with Crippen LogP contribution in [0.1, 0.15) is 110 Å². The molecule has 0 N–H and O–H groups in total. The summed E-state index contributed by atoms with van der Waals surface area (Å²) in [6.45, 7) is 4.60. The topological polar surface area (TPSA) is 0 Å². The smallest absolute Gasteiger partial charge is 0.0317 e. The van der Waals surface area contributed by atoms with E-state index in [-0.39, 0.29) is 0 Å². The van der Waals surface area contributed by atoms with Gasteiger partial charge in [0.1, 0.15) is 0 Å². The molecule has 128 valence electrons. The van der Waals surface area contributed by atoms with Crippen LogP contribution < -0.4 is 0 Å². The first-order valence-electron chi connectivity index (χ1n) is 9.87. The van der Waals surface area contributed by atoms with Gasteiger partial charge in [-0.05, 0) is 25.2 Å². The van der Waals surface area contributed by atoms with E-state index in [1.54, 1.807) is 0 Å². The fraction of sp³-hybridized carbons (Fsp3) is 1.00. The second-order valence-corrected chi connectivity index (χ2v) is 10.3. The molecule has 0 amide bonds. The summed E-state index contributed by atoms with van der Waals surface area (Å²) in [6.07, 6.45) is 25.1. The third-order valence-electron chi connectivity index (χ3n) is 4.19. The Morgan fingerprint density at radius 2 is 0.667 bits per heavy atom. The third-order valence-corrected chi connectivity index (χ3v) is 7.89. The van der Waals surface area contributed by atoms with Crippen molar-refractivity contribution in [2.45, 2.75) is 110 Å². The van der Waals surface area contributed by atoms with Crippen molar-refractivity contribution in [3.63, 3.8) is 0 Å². The molecule has 0 aliphatic heterocycles. The maximum atomic E-state index is 2.30. The van der Waals surface area contributed by atoms with Gasteiger partial charge >= 0.3 is 0 Å². The summed E-state index contributed by atoms with van der Waals surface area (Å²) in [7, 11) is 2.57. The highest BCUT2D eigenvalue weighted by Crippen LogP contribution is 2.38. The van der Waals surface area contributed by atoms with Gasteiger partial charge in [-0.3, -0.25) is 0 Å². The van der Waals surface area contributed by atoms with Crippen LogP contribution in [-0.2, 0) is 0 Å². The molecule has 0 aliphatic rings. The SMILES string of the molecule is CCCCCCCCCCPPCCCCCCCCC. The maximum absolute atomic E-state index is 2.30. The summed E-state index contributed by atoms with van der Waals surface area (Å²) < 4.78 is 0. The monoisotopic (exact) mass is 332 g/mol. The van der Waals surface area contributed by atoms with E-state index in [9.17, 15) is 0 Å². The Morgan fingerprint density at radius 1 is 0.381 bits per heavy atom. The average molecular weight is 332 g/mol. The zero-order valence-corrected chi connectivity index (χ0v) is 17.0. The van der Waals surface area contributed by atoms with Gasteiger partial charge in [0.25, 0.3) is 0 Å². The number of unbranched alkanes of at least 4 members (excludes halogenated alkanes) is 13. The fourth-order valence-corrected chi connectivity index (χ4v) is 6.02. The normalized spacial score (nSPS) is 12.3. The summed E-state index contributed by atoms with van der Waals surface area (Å²) in [5.41, 5.74) is 0. The first-order valence-corrected chi connectivity index (χ1v) is 13.3. The summed E-state index contributed by atoms with van der Waals surface area (Å²) in [6, 6.07) is 0. The first-order chi connectivity index (χ1) is 10.4. The van der Waals surface area contributed by atoms with E-state index in [1.165, 1.54) is 125 Å². The lowest BCUT2D eigenvalue weighted by atomic mass is 10.1. The summed E-state index contributed by atoms with van der Waals surface area (Å²) in [5, 5.41) is 0. The molecular weight excluding hydrogens is 290 g/mol. The quantitative estimate of drug-likeness (QED) is 0.175. The Kier molecular flexibility index (Phi) is 21.7. The number of rotatable bonds is 18. The van der Waals surface area contributed by atoms with Gasteiger partial charge in [-0.15, -0.1) is 0 Å². The Morgan fingerprint density at radius 3 is 1.00 bits per heavy atom. The lowest BCUT2D eigenvalue weighted by Crippen LogP contribution is -1.82. The van der Waals surface area contributed by atoms with Crippen molar-refractivity contribution in [1.29, 1.82) is 0 Å². The van der Waals surface area contributed by atoms with Crippen LogP contribution in [0.5, 0.6) is 0 Å². The molecule has 0 saturated carbocycles. The summed E-state index contributed by atoms with van der Waals surface area (Å²) in [4.78, 5) is 0. The highest BCUT2D eigenvalue weighted by Gasteiger charge is 1.94. The molecule has 0 fully saturated rings. The van der Waals surface area contributed by atoms with Gasteiger partial charge in [-0.25, -0.2) is 0 Å². The van der Waals surface area contributed by atoms with Crippen LogP contribution in [0.15, 0.2) is 0 Å². The largest absolute Gasteiger partial charge is 0.0992 e. The van der Waals surface area contributed by atoms with Crippen molar-refractivity contribution < 1.29 is 0 Å². The molecule has 2 unspecified atom stereocenters. The molecule has 21 heavy (non-hydrogen) atoms. The van der Waals surface area contributed by atoms with Gasteiger partial charge in [0, 0.05) is 0 Å². The van der Waals surface area contributed by atoms with E-state index in [2.05, 4.69) is 13.8 Å². The summed E-state index contributed by atoms with van der Waals surface area (Å²) in [5.74, 6) is 0. The predicted octanol–water partition coefficient (Wildman–Crippen LogP) is 8.15. The molecule has 0 aliphatic carbocycles. The molecule has 2 atom stereocenters. The van der Waals surface area contributed by atoms with Gasteiger partial charge in [-0.1, -0.05) is 114 Å². The van der Waals surface area contributed by atoms with Gasteiger partial charge in [0.15, 0.2) is 0 Å². The first kappa shape index (κ1) is 21.9. The molecule has 0 aromatic carbocycles. The highest BCUT2D eigenvalue weighted by atomic mass is 32.0. The fourth-order valence-electron chi connectivity index (χ4n) is 2.69.